The van der Waals surface area contributed by atoms with Crippen LogP contribution in [0.5, 0.6) is 0 Å². The summed E-state index contributed by atoms with van der Waals surface area (Å²) in [6.07, 6.45) is 0.117. The molecule has 1 spiro atoms. The summed E-state index contributed by atoms with van der Waals surface area (Å²) >= 11 is 0. The summed E-state index contributed by atoms with van der Waals surface area (Å²) in [7, 11) is 6.59. The average molecular weight is 669 g/mol. The number of likely N-dealkylation sites (N-methyl/N-ethyl adjacent to an activating group) is 1. The Morgan fingerprint density at radius 1 is 1.04 bits per heavy atom. The predicted octanol–water partition coefficient (Wildman–Crippen LogP) is 1.79. The van der Waals surface area contributed by atoms with Crippen molar-refractivity contribution in [3.63, 3.8) is 0 Å². The molecule has 262 valence electrons. The van der Waals surface area contributed by atoms with Gasteiger partial charge in [-0.25, -0.2) is 9.69 Å². The van der Waals surface area contributed by atoms with E-state index in [1.807, 2.05) is 6.92 Å². The van der Waals surface area contributed by atoms with Crippen molar-refractivity contribution in [3.05, 3.63) is 29.8 Å². The summed E-state index contributed by atoms with van der Waals surface area (Å²) in [6.45, 7) is 4.58. The van der Waals surface area contributed by atoms with Gasteiger partial charge in [-0.3, -0.25) is 14.5 Å². The van der Waals surface area contributed by atoms with Crippen molar-refractivity contribution >= 4 is 23.5 Å². The molecule has 5 saturated carbocycles. The molecule has 12 nitrogen and oxygen atoms in total. The average Bonchev–Trinajstić information content (AvgIpc) is 3.60. The van der Waals surface area contributed by atoms with Crippen LogP contribution in [0.2, 0.25) is 0 Å². The normalized spacial score (nSPS) is 48.7. The summed E-state index contributed by atoms with van der Waals surface area (Å²) < 4.78 is 31.8. The molecule has 7 bridgehead atoms. The lowest BCUT2D eigenvalue weighted by Gasteiger charge is -2.69. The molecular formula is C36H48N2O10. The zero-order valence-electron chi connectivity index (χ0n) is 28.6. The number of hydrogen-bond donors (Lipinski definition) is 2. The van der Waals surface area contributed by atoms with Crippen molar-refractivity contribution in [2.75, 3.05) is 46.4 Å². The smallest absolute Gasteiger partial charge is 0.340 e. The van der Waals surface area contributed by atoms with Gasteiger partial charge in [0.2, 0.25) is 11.8 Å². The minimum absolute atomic E-state index is 0.00517. The van der Waals surface area contributed by atoms with Crippen molar-refractivity contribution in [2.24, 2.45) is 35.0 Å². The fraction of sp³-hybridized carbons (Fsp3) is 0.750. The maximum absolute atomic E-state index is 14.6. The van der Waals surface area contributed by atoms with Gasteiger partial charge in [-0.05, 0) is 43.9 Å². The summed E-state index contributed by atoms with van der Waals surface area (Å²) in [5.41, 5.74) is -4.96. The number of esters is 1. The van der Waals surface area contributed by atoms with E-state index in [9.17, 15) is 24.6 Å². The van der Waals surface area contributed by atoms with Crippen molar-refractivity contribution < 1.29 is 48.3 Å². The molecule has 2 N–H and O–H groups in total. The fourth-order valence-corrected chi connectivity index (χ4v) is 12.8. The summed E-state index contributed by atoms with van der Waals surface area (Å²) in [5.74, 6) is -2.93. The number of ether oxygens (including phenoxy) is 5. The van der Waals surface area contributed by atoms with Crippen molar-refractivity contribution in [1.29, 1.82) is 0 Å². The number of piperidine rings is 1. The van der Waals surface area contributed by atoms with Gasteiger partial charge >= 0.3 is 5.97 Å². The van der Waals surface area contributed by atoms with E-state index in [2.05, 4.69) is 4.90 Å². The predicted molar refractivity (Wildman–Crippen MR) is 170 cm³/mol. The van der Waals surface area contributed by atoms with E-state index in [-0.39, 0.29) is 66.1 Å². The van der Waals surface area contributed by atoms with Crippen molar-refractivity contribution in [2.45, 2.75) is 93.2 Å². The SMILES string of the molecule is CCN1CC2(OC(=O)c3ccccc3N3C(=O)CC(C)C3=O)CCC(OC)C34C5CC6C(OC)CC(O)(C5C6OC)C(O)(C(OC)C23)C14. The molecule has 2 heterocycles. The highest BCUT2D eigenvalue weighted by Crippen LogP contribution is 2.79. The summed E-state index contributed by atoms with van der Waals surface area (Å²) in [5, 5.41) is 26.6. The molecule has 7 aliphatic rings. The molecule has 14 unspecified atom stereocenters. The van der Waals surface area contributed by atoms with Gasteiger partial charge in [0.25, 0.3) is 0 Å². The van der Waals surface area contributed by atoms with Crippen LogP contribution >= 0.6 is 0 Å². The van der Waals surface area contributed by atoms with E-state index in [1.54, 1.807) is 59.6 Å². The Bertz CT molecular complexity index is 1540. The molecule has 1 aromatic rings. The van der Waals surface area contributed by atoms with E-state index in [1.165, 1.54) is 0 Å². The molecule has 7 fully saturated rings. The van der Waals surface area contributed by atoms with Crippen molar-refractivity contribution in [3.8, 4) is 0 Å². The zero-order valence-corrected chi connectivity index (χ0v) is 28.6. The van der Waals surface area contributed by atoms with E-state index in [0.29, 0.717) is 32.4 Å². The molecular weight excluding hydrogens is 620 g/mol. The van der Waals surface area contributed by atoms with Gasteiger partial charge in [-0.15, -0.1) is 0 Å². The van der Waals surface area contributed by atoms with Crippen LogP contribution in [0.1, 0.15) is 56.3 Å². The number of para-hydroxylation sites is 1. The Morgan fingerprint density at radius 2 is 1.79 bits per heavy atom. The fourth-order valence-electron chi connectivity index (χ4n) is 12.8. The topological polar surface area (TPSA) is 144 Å². The molecule has 48 heavy (non-hydrogen) atoms. The highest BCUT2D eigenvalue weighted by molar-refractivity contribution is 6.22. The van der Waals surface area contributed by atoms with E-state index < -0.39 is 58.1 Å². The van der Waals surface area contributed by atoms with Crippen LogP contribution in [0.4, 0.5) is 5.69 Å². The van der Waals surface area contributed by atoms with Crippen LogP contribution in [0.25, 0.3) is 0 Å². The van der Waals surface area contributed by atoms with Gasteiger partial charge in [0.1, 0.15) is 16.8 Å². The summed E-state index contributed by atoms with van der Waals surface area (Å²) in [6, 6.07) is 6.04. The second kappa shape index (κ2) is 10.8. The molecule has 8 rings (SSSR count). The highest BCUT2D eigenvalue weighted by Gasteiger charge is 2.92. The number of benzene rings is 1. The van der Waals surface area contributed by atoms with Gasteiger partial charge in [-0.2, -0.15) is 0 Å². The number of amides is 2. The minimum atomic E-state index is -1.77. The van der Waals surface area contributed by atoms with Gasteiger partial charge in [0.05, 0.1) is 41.7 Å². The minimum Gasteiger partial charge on any atom is -0.454 e. The van der Waals surface area contributed by atoms with Crippen molar-refractivity contribution in [1.82, 2.24) is 4.90 Å². The monoisotopic (exact) mass is 668 g/mol. The molecule has 2 amide bonds. The van der Waals surface area contributed by atoms with Crippen LogP contribution in [0, 0.1) is 35.0 Å². The second-order valence-corrected chi connectivity index (χ2v) is 15.5. The first kappa shape index (κ1) is 32.7. The Balaban J connectivity index is 1.30. The quantitative estimate of drug-likeness (QED) is 0.309. The van der Waals surface area contributed by atoms with Crippen LogP contribution in [0.3, 0.4) is 0 Å². The number of likely N-dealkylation sites (tertiary alicyclic amines) is 1. The molecule has 2 aliphatic heterocycles. The number of anilines is 1. The Hall–Kier alpha value is -2.45. The number of fused-ring (bicyclic) bond motifs is 2. The number of methoxy groups -OCH3 is 4. The standard InChI is InChI=1S/C36H48N2O10/c1-7-37-17-33(48-31(41)19-10-8-9-11-22(19)38-25(39)14-18(2)30(38)40)13-12-24(45-4)35-21-15-20-23(44-3)16-34(42,26(21)27(20)46-5)36(43,32(35)37)29(47-6)28(33)35/h8-11,18,20-21,23-24,26-29,32,42-43H,7,12-17H2,1-6H3. The third-order valence-electron chi connectivity index (χ3n) is 14.1. The number of carbonyl (C=O) groups is 3. The zero-order chi connectivity index (χ0) is 34.1. The third-order valence-corrected chi connectivity index (χ3v) is 14.1. The van der Waals surface area contributed by atoms with Crippen LogP contribution < -0.4 is 4.90 Å². The molecule has 12 heteroatoms. The Kier molecular flexibility index (Phi) is 7.35. The van der Waals surface area contributed by atoms with Crippen LogP contribution in [-0.4, -0.2) is 122 Å². The first-order valence-corrected chi connectivity index (χ1v) is 17.4. The van der Waals surface area contributed by atoms with Crippen LogP contribution in [0.15, 0.2) is 24.3 Å². The molecule has 2 saturated heterocycles. The molecule has 1 aromatic carbocycles. The lowest BCUT2D eigenvalue weighted by Crippen LogP contribution is -2.82. The highest BCUT2D eigenvalue weighted by atomic mass is 16.6. The number of imide groups is 1. The van der Waals surface area contributed by atoms with Gasteiger partial charge in [-0.1, -0.05) is 26.0 Å². The van der Waals surface area contributed by atoms with E-state index in [0.717, 1.165) is 4.90 Å². The Morgan fingerprint density at radius 3 is 2.42 bits per heavy atom. The van der Waals surface area contributed by atoms with E-state index >= 15 is 0 Å². The lowest BCUT2D eigenvalue weighted by molar-refractivity contribution is -0.322. The molecule has 0 radical (unpaired) electrons. The summed E-state index contributed by atoms with van der Waals surface area (Å²) in [4.78, 5) is 43.9. The maximum Gasteiger partial charge on any atom is 0.340 e. The molecule has 5 aliphatic carbocycles. The number of nitrogens with zero attached hydrogens (tertiary/aromatic N) is 2. The second-order valence-electron chi connectivity index (χ2n) is 15.5. The Labute approximate surface area is 280 Å². The first-order chi connectivity index (χ1) is 22.9. The van der Waals surface area contributed by atoms with Gasteiger partial charge in [0.15, 0.2) is 0 Å². The molecule has 0 aromatic heterocycles. The lowest BCUT2D eigenvalue weighted by atomic mass is 9.44. The van der Waals surface area contributed by atoms with E-state index in [4.69, 9.17) is 23.7 Å². The molecule has 14 atom stereocenters. The number of aliphatic hydroxyl groups is 2. The number of rotatable bonds is 8. The van der Waals surface area contributed by atoms with Crippen LogP contribution in [-0.2, 0) is 33.3 Å². The first-order valence-electron chi connectivity index (χ1n) is 17.4. The van der Waals surface area contributed by atoms with Gasteiger partial charge in [0, 0.05) is 76.9 Å². The third kappa shape index (κ3) is 3.57. The largest absolute Gasteiger partial charge is 0.454 e. The number of carbonyl (C=O) groups excluding carboxylic acids is 3. The number of hydrogen-bond acceptors (Lipinski definition) is 11. The van der Waals surface area contributed by atoms with Gasteiger partial charge < -0.3 is 33.9 Å². The maximum atomic E-state index is 14.6.